The molecule has 1 aliphatic carbocycles. The second kappa shape index (κ2) is 10.1. The highest BCUT2D eigenvalue weighted by molar-refractivity contribution is 7.91. The number of fused-ring (bicyclic) bond motifs is 1. The highest BCUT2D eigenvalue weighted by Crippen LogP contribution is 2.55. The second-order valence-corrected chi connectivity index (χ2v) is 14.1. The zero-order chi connectivity index (χ0) is 28.0. The second-order valence-electron chi connectivity index (χ2n) is 11.8. The van der Waals surface area contributed by atoms with Crippen LogP contribution in [0.15, 0.2) is 66.3 Å². The van der Waals surface area contributed by atoms with E-state index >= 15 is 0 Å². The van der Waals surface area contributed by atoms with Gasteiger partial charge in [0.1, 0.15) is 0 Å². The molecule has 0 saturated carbocycles. The summed E-state index contributed by atoms with van der Waals surface area (Å²) in [5.41, 5.74) is 5.01. The summed E-state index contributed by atoms with van der Waals surface area (Å²) >= 11 is 0. The minimum atomic E-state index is -2.93. The third kappa shape index (κ3) is 5.45. The summed E-state index contributed by atoms with van der Waals surface area (Å²) in [5.74, 6) is -0.552. The lowest BCUT2D eigenvalue weighted by atomic mass is 9.58. The molecule has 1 saturated heterocycles. The first-order chi connectivity index (χ1) is 18.4. The van der Waals surface area contributed by atoms with Gasteiger partial charge < -0.3 is 10.0 Å². The average Bonchev–Trinajstić information content (AvgIpc) is 2.89. The molecule has 0 unspecified atom stereocenters. The van der Waals surface area contributed by atoms with Crippen LogP contribution in [0.4, 0.5) is 0 Å². The Labute approximate surface area is 230 Å². The van der Waals surface area contributed by atoms with Crippen LogP contribution in [0.2, 0.25) is 0 Å². The lowest BCUT2D eigenvalue weighted by Gasteiger charge is -2.50. The van der Waals surface area contributed by atoms with E-state index < -0.39 is 15.8 Å². The molecular formula is C31H36N2O5S. The first-order valence-corrected chi connectivity index (χ1v) is 15.3. The molecule has 0 radical (unpaired) electrons. The minimum absolute atomic E-state index is 0.00596. The molecular weight excluding hydrogens is 512 g/mol. The van der Waals surface area contributed by atoms with Gasteiger partial charge in [-0.3, -0.25) is 9.69 Å². The summed E-state index contributed by atoms with van der Waals surface area (Å²) in [6, 6.07) is 14.8. The fourth-order valence-corrected chi connectivity index (χ4v) is 7.78. The van der Waals surface area contributed by atoms with Crippen LogP contribution < -0.4 is 0 Å². The summed E-state index contributed by atoms with van der Waals surface area (Å²) in [7, 11) is -2.93. The van der Waals surface area contributed by atoms with Crippen molar-refractivity contribution in [1.29, 1.82) is 0 Å². The molecule has 1 atom stereocenters. The molecule has 39 heavy (non-hydrogen) atoms. The normalized spacial score (nSPS) is 24.3. The van der Waals surface area contributed by atoms with Crippen molar-refractivity contribution in [1.82, 2.24) is 9.80 Å². The maximum absolute atomic E-state index is 13.6. The van der Waals surface area contributed by atoms with Crippen molar-refractivity contribution < 1.29 is 23.1 Å². The number of benzene rings is 2. The van der Waals surface area contributed by atoms with Gasteiger partial charge >= 0.3 is 5.97 Å². The van der Waals surface area contributed by atoms with Gasteiger partial charge in [-0.1, -0.05) is 62.8 Å². The molecule has 2 aliphatic heterocycles. The van der Waals surface area contributed by atoms with Crippen molar-refractivity contribution in [2.24, 2.45) is 10.8 Å². The number of aromatic carboxylic acids is 1. The molecule has 7 nitrogen and oxygen atoms in total. The van der Waals surface area contributed by atoms with Crippen molar-refractivity contribution in [2.45, 2.75) is 33.7 Å². The van der Waals surface area contributed by atoms with Crippen LogP contribution in [0.3, 0.4) is 0 Å². The van der Waals surface area contributed by atoms with E-state index in [-0.39, 0.29) is 33.8 Å². The highest BCUT2D eigenvalue weighted by Gasteiger charge is 2.46. The molecule has 1 N–H and O–H groups in total. The number of carboxylic acids is 1. The van der Waals surface area contributed by atoms with E-state index in [0.29, 0.717) is 38.3 Å². The van der Waals surface area contributed by atoms with Gasteiger partial charge in [0.2, 0.25) is 0 Å². The molecule has 1 amide bonds. The SMILES string of the molecule is CC1(C)C(c2ccc(C(=O)O)cc2)=CC[C@]2(C)CN(C(=O)c3cccc(CN4CCS(=O)(=O)CC4)c3)CC=C12. The molecule has 0 spiro atoms. The number of carbonyl (C=O) groups is 2. The largest absolute Gasteiger partial charge is 0.478 e. The van der Waals surface area contributed by atoms with Gasteiger partial charge in [0, 0.05) is 49.1 Å². The Bertz CT molecular complexity index is 1460. The predicted molar refractivity (Wildman–Crippen MR) is 152 cm³/mol. The molecule has 0 aromatic heterocycles. The fraction of sp³-hybridized carbons (Fsp3) is 0.419. The predicted octanol–water partition coefficient (Wildman–Crippen LogP) is 4.52. The molecule has 8 heteroatoms. The maximum atomic E-state index is 13.6. The zero-order valence-corrected chi connectivity index (χ0v) is 23.6. The van der Waals surface area contributed by atoms with Crippen LogP contribution in [-0.4, -0.2) is 72.9 Å². The summed E-state index contributed by atoms with van der Waals surface area (Å²) in [4.78, 5) is 29.0. The summed E-state index contributed by atoms with van der Waals surface area (Å²) in [6.07, 6.45) is 5.25. The first-order valence-electron chi connectivity index (χ1n) is 13.4. The van der Waals surface area contributed by atoms with E-state index in [1.165, 1.54) is 11.1 Å². The number of amides is 1. The Hall–Kier alpha value is -3.23. The van der Waals surface area contributed by atoms with Gasteiger partial charge in [-0.05, 0) is 47.4 Å². The van der Waals surface area contributed by atoms with Gasteiger partial charge in [0.05, 0.1) is 17.1 Å². The van der Waals surface area contributed by atoms with Crippen molar-refractivity contribution in [3.63, 3.8) is 0 Å². The summed E-state index contributed by atoms with van der Waals surface area (Å²) in [6.45, 7) is 9.47. The summed E-state index contributed by atoms with van der Waals surface area (Å²) in [5, 5.41) is 9.26. The lowest BCUT2D eigenvalue weighted by Crippen LogP contribution is -2.48. The third-order valence-corrected chi connectivity index (χ3v) is 10.2. The molecule has 0 bridgehead atoms. The Morgan fingerprint density at radius 3 is 2.31 bits per heavy atom. The number of hydrogen-bond donors (Lipinski definition) is 1. The molecule has 2 aromatic rings. The molecule has 1 fully saturated rings. The number of sulfone groups is 1. The van der Waals surface area contributed by atoms with Crippen LogP contribution >= 0.6 is 0 Å². The monoisotopic (exact) mass is 548 g/mol. The molecule has 3 aliphatic rings. The number of rotatable bonds is 5. The van der Waals surface area contributed by atoms with Crippen LogP contribution in [0.1, 0.15) is 59.0 Å². The van der Waals surface area contributed by atoms with Gasteiger partial charge in [0.15, 0.2) is 9.84 Å². The van der Waals surface area contributed by atoms with Crippen LogP contribution in [0, 0.1) is 10.8 Å². The van der Waals surface area contributed by atoms with Gasteiger partial charge in [-0.25, -0.2) is 13.2 Å². The van der Waals surface area contributed by atoms with Crippen molar-refractivity contribution >= 4 is 27.3 Å². The highest BCUT2D eigenvalue weighted by atomic mass is 32.2. The van der Waals surface area contributed by atoms with E-state index in [4.69, 9.17) is 0 Å². The van der Waals surface area contributed by atoms with Gasteiger partial charge in [-0.15, -0.1) is 0 Å². The topological polar surface area (TPSA) is 95.0 Å². The van der Waals surface area contributed by atoms with Crippen LogP contribution in [-0.2, 0) is 16.4 Å². The van der Waals surface area contributed by atoms with E-state index in [2.05, 4.69) is 37.8 Å². The van der Waals surface area contributed by atoms with Crippen molar-refractivity contribution in [2.75, 3.05) is 37.7 Å². The number of carboxylic acid groups (broad SMARTS) is 1. The quantitative estimate of drug-likeness (QED) is 0.553. The minimum Gasteiger partial charge on any atom is -0.478 e. The van der Waals surface area contributed by atoms with E-state index in [9.17, 15) is 23.1 Å². The summed E-state index contributed by atoms with van der Waals surface area (Å²) < 4.78 is 23.5. The number of allylic oxidation sites excluding steroid dienone is 2. The maximum Gasteiger partial charge on any atom is 0.335 e. The molecule has 2 aromatic carbocycles. The van der Waals surface area contributed by atoms with Crippen molar-refractivity contribution in [3.8, 4) is 0 Å². The standard InChI is InChI=1S/C31H36N2O5S/c1-30(2)26(23-7-9-24(10-8-23)29(35)36)11-13-31(3)21-33(14-12-27(30)31)28(34)25-6-4-5-22(19-25)20-32-15-17-39(37,38)18-16-32/h4-12,19H,13-18,20-21H2,1-3H3,(H,35,36)/t31-/m1/s1. The van der Waals surface area contributed by atoms with Gasteiger partial charge in [0.25, 0.3) is 5.91 Å². The molecule has 206 valence electrons. The van der Waals surface area contributed by atoms with E-state index in [0.717, 1.165) is 17.5 Å². The third-order valence-electron chi connectivity index (χ3n) is 8.56. The van der Waals surface area contributed by atoms with Crippen LogP contribution in [0.5, 0.6) is 0 Å². The Kier molecular flexibility index (Phi) is 7.06. The Morgan fingerprint density at radius 2 is 1.64 bits per heavy atom. The number of nitrogens with zero attached hydrogens (tertiary/aromatic N) is 2. The smallest absolute Gasteiger partial charge is 0.335 e. The fourth-order valence-electron chi connectivity index (χ4n) is 6.51. The first kappa shape index (κ1) is 27.3. The van der Waals surface area contributed by atoms with Gasteiger partial charge in [-0.2, -0.15) is 0 Å². The van der Waals surface area contributed by atoms with Crippen LogP contribution in [0.25, 0.3) is 5.57 Å². The van der Waals surface area contributed by atoms with Crippen molar-refractivity contribution in [3.05, 3.63) is 88.5 Å². The Balaban J connectivity index is 1.32. The number of hydrogen-bond acceptors (Lipinski definition) is 5. The van der Waals surface area contributed by atoms with E-state index in [1.54, 1.807) is 12.1 Å². The zero-order valence-electron chi connectivity index (χ0n) is 22.8. The lowest BCUT2D eigenvalue weighted by molar-refractivity contribution is 0.0678. The molecule has 2 heterocycles. The average molecular weight is 549 g/mol. The van der Waals surface area contributed by atoms with E-state index in [1.807, 2.05) is 41.3 Å². The Morgan fingerprint density at radius 1 is 0.949 bits per heavy atom. The number of carbonyl (C=O) groups excluding carboxylic acids is 1. The molecule has 5 rings (SSSR count).